The molecule has 1 aliphatic carbocycles. The first-order valence-electron chi connectivity index (χ1n) is 10.6. The largest absolute Gasteiger partial charge is 0.573 e. The molecule has 0 spiro atoms. The lowest BCUT2D eigenvalue weighted by Crippen LogP contribution is -2.29. The Balaban J connectivity index is 1.72. The summed E-state index contributed by atoms with van der Waals surface area (Å²) in [5.74, 6) is 0.847. The predicted molar refractivity (Wildman–Crippen MR) is 117 cm³/mol. The van der Waals surface area contributed by atoms with Crippen LogP contribution in [0.4, 0.5) is 24.8 Å². The van der Waals surface area contributed by atoms with Crippen LogP contribution in [0.1, 0.15) is 56.4 Å². The van der Waals surface area contributed by atoms with Gasteiger partial charge in [-0.05, 0) is 73.1 Å². The number of nitrogens with one attached hydrogen (secondary N) is 1. The number of fused-ring (bicyclic) bond motifs is 1. The molecule has 1 fully saturated rings. The van der Waals surface area contributed by atoms with E-state index in [0.717, 1.165) is 36.6 Å². The molecule has 0 radical (unpaired) electrons. The van der Waals surface area contributed by atoms with E-state index < -0.39 is 6.36 Å². The Labute approximate surface area is 184 Å². The second-order valence-corrected chi connectivity index (χ2v) is 9.44. The summed E-state index contributed by atoms with van der Waals surface area (Å²) in [7, 11) is 0. The van der Waals surface area contributed by atoms with Gasteiger partial charge in [-0.15, -0.1) is 13.2 Å². The number of nitrogens with zero attached hydrogens (tertiary/aromatic N) is 2. The summed E-state index contributed by atoms with van der Waals surface area (Å²) in [5.41, 5.74) is 2.95. The quantitative estimate of drug-likeness (QED) is 0.435. The van der Waals surface area contributed by atoms with Gasteiger partial charge in [0.15, 0.2) is 0 Å². The first-order valence-corrected chi connectivity index (χ1v) is 10.6. The number of anilines is 2. The molecule has 1 saturated carbocycles. The Hall–Kier alpha value is -3.03. The number of rotatable bonds is 5. The van der Waals surface area contributed by atoms with Crippen molar-refractivity contribution in [3.05, 3.63) is 48.0 Å². The maximum atomic E-state index is 12.4. The number of hydrogen-bond acceptors (Lipinski definition) is 4. The SMILES string of the molecule is CC1CC(n2c(Nc3ccc(OC(F)(F)F)cc3)nc3ccc(C=O)cc32)CC(C)(C)C1. The molecule has 8 heteroatoms. The number of carbonyl (C=O) groups is 1. The molecule has 32 heavy (non-hydrogen) atoms. The third kappa shape index (κ3) is 4.89. The number of alkyl halides is 3. The third-order valence-electron chi connectivity index (χ3n) is 5.92. The molecule has 0 saturated heterocycles. The average molecular weight is 445 g/mol. The third-order valence-corrected chi connectivity index (χ3v) is 5.92. The lowest BCUT2D eigenvalue weighted by molar-refractivity contribution is -0.274. The van der Waals surface area contributed by atoms with Crippen LogP contribution in [0.2, 0.25) is 0 Å². The Morgan fingerprint density at radius 2 is 1.88 bits per heavy atom. The van der Waals surface area contributed by atoms with Gasteiger partial charge in [0.1, 0.15) is 12.0 Å². The van der Waals surface area contributed by atoms with E-state index in [1.807, 2.05) is 12.1 Å². The maximum Gasteiger partial charge on any atom is 0.573 e. The topological polar surface area (TPSA) is 56.1 Å². The molecule has 1 aliphatic rings. The Bertz CT molecular complexity index is 1120. The zero-order valence-corrected chi connectivity index (χ0v) is 18.2. The standard InChI is InChI=1S/C24H26F3N3O2/c1-15-10-18(13-23(2,3)12-15)30-21-11-16(14-31)4-9-20(21)29-22(30)28-17-5-7-19(8-6-17)32-24(25,26)27/h4-9,11,14-15,18H,10,12-13H2,1-3H3,(H,28,29). The molecule has 3 aromatic rings. The molecule has 4 rings (SSSR count). The van der Waals surface area contributed by atoms with E-state index in [9.17, 15) is 18.0 Å². The van der Waals surface area contributed by atoms with Crippen LogP contribution in [0.3, 0.4) is 0 Å². The van der Waals surface area contributed by atoms with Gasteiger partial charge in [-0.3, -0.25) is 4.79 Å². The molecule has 0 aliphatic heterocycles. The fraction of sp³-hybridized carbons (Fsp3) is 0.417. The second kappa shape index (κ2) is 8.15. The fourth-order valence-electron chi connectivity index (χ4n) is 5.00. The molecular weight excluding hydrogens is 419 g/mol. The van der Waals surface area contributed by atoms with Gasteiger partial charge in [0.05, 0.1) is 11.0 Å². The van der Waals surface area contributed by atoms with Crippen molar-refractivity contribution in [3.63, 3.8) is 0 Å². The zero-order valence-electron chi connectivity index (χ0n) is 18.2. The van der Waals surface area contributed by atoms with E-state index >= 15 is 0 Å². The van der Waals surface area contributed by atoms with Crippen LogP contribution >= 0.6 is 0 Å². The monoisotopic (exact) mass is 445 g/mol. The van der Waals surface area contributed by atoms with Crippen molar-refractivity contribution < 1.29 is 22.7 Å². The van der Waals surface area contributed by atoms with Gasteiger partial charge in [-0.2, -0.15) is 0 Å². The number of benzene rings is 2. The highest BCUT2D eigenvalue weighted by atomic mass is 19.4. The van der Waals surface area contributed by atoms with E-state index in [1.54, 1.807) is 6.07 Å². The summed E-state index contributed by atoms with van der Waals surface area (Å²) < 4.78 is 43.4. The first-order chi connectivity index (χ1) is 15.0. The Kier molecular flexibility index (Phi) is 5.65. The van der Waals surface area contributed by atoms with Crippen LogP contribution in [0.15, 0.2) is 42.5 Å². The van der Waals surface area contributed by atoms with E-state index in [2.05, 4.69) is 35.4 Å². The number of carbonyl (C=O) groups excluding carboxylic acids is 1. The van der Waals surface area contributed by atoms with Crippen LogP contribution in [-0.2, 0) is 0 Å². The van der Waals surface area contributed by atoms with Gasteiger partial charge in [-0.1, -0.05) is 20.8 Å². The minimum Gasteiger partial charge on any atom is -0.406 e. The van der Waals surface area contributed by atoms with E-state index in [4.69, 9.17) is 4.98 Å². The number of aldehydes is 1. The fourth-order valence-corrected chi connectivity index (χ4v) is 5.00. The highest BCUT2D eigenvalue weighted by Crippen LogP contribution is 2.46. The second-order valence-electron chi connectivity index (χ2n) is 9.44. The van der Waals surface area contributed by atoms with Gasteiger partial charge in [0.2, 0.25) is 5.95 Å². The molecule has 1 N–H and O–H groups in total. The first kappa shape index (κ1) is 22.2. The summed E-state index contributed by atoms with van der Waals surface area (Å²) in [5, 5.41) is 3.26. The number of hydrogen-bond donors (Lipinski definition) is 1. The summed E-state index contributed by atoms with van der Waals surface area (Å²) >= 11 is 0. The molecule has 2 unspecified atom stereocenters. The van der Waals surface area contributed by atoms with Crippen molar-refractivity contribution in [2.24, 2.45) is 11.3 Å². The van der Waals surface area contributed by atoms with Gasteiger partial charge < -0.3 is 14.6 Å². The van der Waals surface area contributed by atoms with Crippen molar-refractivity contribution in [1.82, 2.24) is 9.55 Å². The van der Waals surface area contributed by atoms with Crippen molar-refractivity contribution in [2.45, 2.75) is 52.4 Å². The summed E-state index contributed by atoms with van der Waals surface area (Å²) in [6, 6.07) is 11.1. The van der Waals surface area contributed by atoms with Crippen LogP contribution in [0, 0.1) is 11.3 Å². The molecule has 170 valence electrons. The average Bonchev–Trinajstić information content (AvgIpc) is 3.03. The van der Waals surface area contributed by atoms with E-state index in [0.29, 0.717) is 23.1 Å². The number of halogens is 3. The summed E-state index contributed by atoms with van der Waals surface area (Å²) in [6.45, 7) is 6.77. The highest BCUT2D eigenvalue weighted by molar-refractivity contribution is 5.87. The highest BCUT2D eigenvalue weighted by Gasteiger charge is 2.35. The molecule has 0 bridgehead atoms. The molecule has 2 aromatic carbocycles. The van der Waals surface area contributed by atoms with Crippen molar-refractivity contribution in [1.29, 1.82) is 0 Å². The smallest absolute Gasteiger partial charge is 0.406 e. The molecule has 0 amide bonds. The minimum atomic E-state index is -4.73. The number of ether oxygens (including phenoxy) is 1. The van der Waals surface area contributed by atoms with Crippen molar-refractivity contribution >= 4 is 29.0 Å². The van der Waals surface area contributed by atoms with Gasteiger partial charge in [0.25, 0.3) is 0 Å². The molecule has 2 atom stereocenters. The van der Waals surface area contributed by atoms with E-state index in [-0.39, 0.29) is 17.2 Å². The Morgan fingerprint density at radius 1 is 1.16 bits per heavy atom. The predicted octanol–water partition coefficient (Wildman–Crippen LogP) is 6.88. The van der Waals surface area contributed by atoms with Crippen molar-refractivity contribution in [3.8, 4) is 5.75 Å². The number of imidazole rings is 1. The van der Waals surface area contributed by atoms with Gasteiger partial charge >= 0.3 is 6.36 Å². The van der Waals surface area contributed by atoms with E-state index in [1.165, 1.54) is 24.3 Å². The van der Waals surface area contributed by atoms with Crippen LogP contribution in [0.25, 0.3) is 11.0 Å². The molecule has 1 aromatic heterocycles. The van der Waals surface area contributed by atoms with Gasteiger partial charge in [0, 0.05) is 17.3 Å². The van der Waals surface area contributed by atoms with Crippen molar-refractivity contribution in [2.75, 3.05) is 5.32 Å². The maximum absolute atomic E-state index is 12.4. The Morgan fingerprint density at radius 3 is 2.50 bits per heavy atom. The summed E-state index contributed by atoms with van der Waals surface area (Å²) in [4.78, 5) is 16.1. The molecule has 1 heterocycles. The summed E-state index contributed by atoms with van der Waals surface area (Å²) in [6.07, 6.45) is -0.839. The molecule has 5 nitrogen and oxygen atoms in total. The minimum absolute atomic E-state index is 0.162. The lowest BCUT2D eigenvalue weighted by Gasteiger charge is -2.40. The molecular formula is C24H26F3N3O2. The number of aromatic nitrogens is 2. The zero-order chi connectivity index (χ0) is 23.1. The van der Waals surface area contributed by atoms with Crippen LogP contribution in [0.5, 0.6) is 5.75 Å². The van der Waals surface area contributed by atoms with Crippen LogP contribution < -0.4 is 10.1 Å². The lowest BCUT2D eigenvalue weighted by atomic mass is 9.70. The normalized spacial score (nSPS) is 20.8. The van der Waals surface area contributed by atoms with Gasteiger partial charge in [-0.25, -0.2) is 4.98 Å². The van der Waals surface area contributed by atoms with Crippen LogP contribution in [-0.4, -0.2) is 22.2 Å².